The topological polar surface area (TPSA) is 108 Å². The largest absolute Gasteiger partial charge is 0.756 e. The number of unbranched alkanes of at least 4 members (excludes halogenated alkanes) is 33. The van der Waals surface area contributed by atoms with E-state index in [4.69, 9.17) is 9.05 Å². The van der Waals surface area contributed by atoms with Crippen LogP contribution in [0, 0.1) is 0 Å². The summed E-state index contributed by atoms with van der Waals surface area (Å²) in [5.74, 6) is -0.211. The SMILES string of the molecule is CC/C=C\C/C=C\C/C=C\C/C=C\C/C=C\CCCCCCCCCCCCCC(=O)NC(COP(=O)([O-])OCC[N+](C)(C)C)C(O)/C=C/CC/C=C/CCCCCCCCCCCCCCCCCCCCCCC. The molecule has 0 aromatic heterocycles. The normalized spacial score (nSPS) is 14.4. The molecule has 3 atom stereocenters. The Morgan fingerprint density at radius 1 is 0.474 bits per heavy atom. The molecule has 8 nitrogen and oxygen atoms in total. The summed E-state index contributed by atoms with van der Waals surface area (Å²) in [6.07, 6.45) is 81.1. The first kappa shape index (κ1) is 73.7. The summed E-state index contributed by atoms with van der Waals surface area (Å²) < 4.78 is 23.4. The van der Waals surface area contributed by atoms with Crippen LogP contribution in [0.2, 0.25) is 0 Å². The second-order valence-electron chi connectivity index (χ2n) is 22.7. The van der Waals surface area contributed by atoms with Gasteiger partial charge in [0.05, 0.1) is 39.9 Å². The Morgan fingerprint density at radius 3 is 1.22 bits per heavy atom. The molecule has 442 valence electrons. The monoisotopic (exact) mass is 1080 g/mol. The van der Waals surface area contributed by atoms with Gasteiger partial charge in [-0.25, -0.2) is 0 Å². The number of carbonyl (C=O) groups is 1. The summed E-state index contributed by atoms with van der Waals surface area (Å²) in [4.78, 5) is 25.6. The molecule has 0 aromatic rings. The number of rotatable bonds is 58. The zero-order chi connectivity index (χ0) is 55.6. The van der Waals surface area contributed by atoms with Gasteiger partial charge >= 0.3 is 0 Å². The smallest absolute Gasteiger partial charge is 0.268 e. The average molecular weight is 1080 g/mol. The van der Waals surface area contributed by atoms with Crippen LogP contribution in [0.3, 0.4) is 0 Å². The summed E-state index contributed by atoms with van der Waals surface area (Å²) in [6.45, 7) is 4.54. The van der Waals surface area contributed by atoms with Crippen molar-refractivity contribution >= 4 is 13.7 Å². The molecule has 1 amide bonds. The molecule has 2 N–H and O–H groups in total. The molecule has 0 aliphatic rings. The van der Waals surface area contributed by atoms with Crippen LogP contribution in [0.5, 0.6) is 0 Å². The van der Waals surface area contributed by atoms with Crippen molar-refractivity contribution in [1.82, 2.24) is 5.32 Å². The zero-order valence-corrected chi connectivity index (χ0v) is 51.3. The average Bonchev–Trinajstić information content (AvgIpc) is 3.38. The molecular formula is C67H123N2O6P. The minimum absolute atomic E-state index is 0.0101. The predicted octanol–water partition coefficient (Wildman–Crippen LogP) is 19.4. The third-order valence-corrected chi connectivity index (χ3v) is 15.1. The summed E-state index contributed by atoms with van der Waals surface area (Å²) in [7, 11) is 1.24. The Morgan fingerprint density at radius 2 is 0.816 bits per heavy atom. The molecule has 0 aliphatic heterocycles. The van der Waals surface area contributed by atoms with Crippen molar-refractivity contribution in [2.24, 2.45) is 0 Å². The number of hydrogen-bond donors (Lipinski definition) is 2. The van der Waals surface area contributed by atoms with Gasteiger partial charge in [0, 0.05) is 6.42 Å². The van der Waals surface area contributed by atoms with Crippen LogP contribution in [-0.2, 0) is 18.4 Å². The highest BCUT2D eigenvalue weighted by Crippen LogP contribution is 2.38. The first-order valence-electron chi connectivity index (χ1n) is 31.9. The Hall–Kier alpha value is -2.32. The molecule has 0 aromatic carbocycles. The number of quaternary nitrogens is 1. The molecule has 0 rings (SSSR count). The van der Waals surface area contributed by atoms with Gasteiger partial charge in [0.25, 0.3) is 7.82 Å². The van der Waals surface area contributed by atoms with E-state index in [0.717, 1.165) is 70.6 Å². The third kappa shape index (κ3) is 59.3. The van der Waals surface area contributed by atoms with E-state index >= 15 is 0 Å². The highest BCUT2D eigenvalue weighted by molar-refractivity contribution is 7.45. The molecule has 0 spiro atoms. The van der Waals surface area contributed by atoms with Crippen LogP contribution in [0.1, 0.15) is 284 Å². The molecule has 0 saturated carbocycles. The number of likely N-dealkylation sites (N-methyl/N-ethyl adjacent to an activating group) is 1. The molecule has 0 fully saturated rings. The van der Waals surface area contributed by atoms with Crippen LogP contribution in [0.25, 0.3) is 0 Å². The van der Waals surface area contributed by atoms with Gasteiger partial charge in [-0.15, -0.1) is 0 Å². The maximum Gasteiger partial charge on any atom is 0.268 e. The number of hydrogen-bond acceptors (Lipinski definition) is 6. The van der Waals surface area contributed by atoms with Gasteiger partial charge < -0.3 is 28.8 Å². The maximum atomic E-state index is 13.0. The second kappa shape index (κ2) is 57.4. The van der Waals surface area contributed by atoms with Crippen molar-refractivity contribution in [3.63, 3.8) is 0 Å². The summed E-state index contributed by atoms with van der Waals surface area (Å²) in [5, 5.41) is 13.9. The van der Waals surface area contributed by atoms with Crippen LogP contribution < -0.4 is 10.2 Å². The molecular weight excluding hydrogens is 960 g/mol. The van der Waals surface area contributed by atoms with E-state index in [1.165, 1.54) is 193 Å². The molecule has 0 heterocycles. The fourth-order valence-electron chi connectivity index (χ4n) is 9.14. The lowest BCUT2D eigenvalue weighted by Crippen LogP contribution is -2.45. The number of nitrogens with one attached hydrogen (secondary N) is 1. The molecule has 0 radical (unpaired) electrons. The predicted molar refractivity (Wildman–Crippen MR) is 330 cm³/mol. The highest BCUT2D eigenvalue weighted by atomic mass is 31.2. The van der Waals surface area contributed by atoms with E-state index in [0.29, 0.717) is 17.4 Å². The lowest BCUT2D eigenvalue weighted by Gasteiger charge is -2.29. The Labute approximate surface area is 471 Å². The Balaban J connectivity index is 4.20. The lowest BCUT2D eigenvalue weighted by atomic mass is 10.0. The molecule has 0 bridgehead atoms. The Bertz CT molecular complexity index is 1510. The second-order valence-corrected chi connectivity index (χ2v) is 24.1. The number of phosphoric acid groups is 1. The van der Waals surface area contributed by atoms with Crippen molar-refractivity contribution in [2.75, 3.05) is 40.9 Å². The number of carbonyl (C=O) groups excluding carboxylic acids is 1. The van der Waals surface area contributed by atoms with Gasteiger partial charge in [-0.05, 0) is 77.0 Å². The van der Waals surface area contributed by atoms with Crippen molar-refractivity contribution in [3.8, 4) is 0 Å². The van der Waals surface area contributed by atoms with Crippen LogP contribution in [0.15, 0.2) is 85.1 Å². The zero-order valence-electron chi connectivity index (χ0n) is 50.4. The van der Waals surface area contributed by atoms with Gasteiger partial charge in [-0.2, -0.15) is 0 Å². The van der Waals surface area contributed by atoms with Gasteiger partial charge in [0.2, 0.25) is 5.91 Å². The highest BCUT2D eigenvalue weighted by Gasteiger charge is 2.23. The van der Waals surface area contributed by atoms with Gasteiger partial charge in [-0.1, -0.05) is 285 Å². The quantitative estimate of drug-likeness (QED) is 0.0272. The number of aliphatic hydroxyl groups is 1. The molecule has 9 heteroatoms. The van der Waals surface area contributed by atoms with E-state index in [-0.39, 0.29) is 12.5 Å². The molecule has 0 saturated heterocycles. The van der Waals surface area contributed by atoms with Crippen LogP contribution >= 0.6 is 7.82 Å². The van der Waals surface area contributed by atoms with Crippen molar-refractivity contribution in [3.05, 3.63) is 85.1 Å². The lowest BCUT2D eigenvalue weighted by molar-refractivity contribution is -0.870. The van der Waals surface area contributed by atoms with Crippen molar-refractivity contribution in [2.45, 2.75) is 296 Å². The van der Waals surface area contributed by atoms with Gasteiger partial charge in [-0.3, -0.25) is 9.36 Å². The van der Waals surface area contributed by atoms with E-state index in [9.17, 15) is 19.4 Å². The maximum absolute atomic E-state index is 13.0. The van der Waals surface area contributed by atoms with Crippen LogP contribution in [0.4, 0.5) is 0 Å². The van der Waals surface area contributed by atoms with Gasteiger partial charge in [0.1, 0.15) is 13.2 Å². The Kier molecular flexibility index (Phi) is 55.6. The first-order valence-corrected chi connectivity index (χ1v) is 33.4. The minimum Gasteiger partial charge on any atom is -0.756 e. The molecule has 76 heavy (non-hydrogen) atoms. The van der Waals surface area contributed by atoms with E-state index in [1.807, 2.05) is 27.2 Å². The summed E-state index contributed by atoms with van der Waals surface area (Å²) >= 11 is 0. The van der Waals surface area contributed by atoms with E-state index in [1.54, 1.807) is 6.08 Å². The first-order chi connectivity index (χ1) is 37.0. The summed E-state index contributed by atoms with van der Waals surface area (Å²) in [6, 6.07) is -0.911. The molecule has 3 unspecified atom stereocenters. The van der Waals surface area contributed by atoms with Crippen molar-refractivity contribution in [1.29, 1.82) is 0 Å². The summed E-state index contributed by atoms with van der Waals surface area (Å²) in [5.41, 5.74) is 0. The molecule has 0 aliphatic carbocycles. The minimum atomic E-state index is -4.62. The number of nitrogens with zero attached hydrogens (tertiary/aromatic N) is 1. The number of aliphatic hydroxyl groups excluding tert-OH is 1. The number of allylic oxidation sites excluding steroid dienone is 13. The fourth-order valence-corrected chi connectivity index (χ4v) is 9.86. The third-order valence-electron chi connectivity index (χ3n) is 14.1. The fraction of sp³-hybridized carbons (Fsp3) is 0.776. The van der Waals surface area contributed by atoms with E-state index < -0.39 is 26.6 Å². The standard InChI is InChI=1S/C67H123N2O6P/c1-6-8-10-12-14-16-18-20-22-24-26-28-30-32-34-36-38-40-42-44-46-48-50-52-54-56-58-60-66(70)65(64-75-76(72,73)74-63-62-69(3,4)5)68-67(71)61-59-57-55-53-51-49-47-45-43-41-39-37-35-33-31-29-27-25-23-21-19-17-15-13-11-9-7-2/h9,11,15,17,21,23,27,29,33,35,50,52,58,60,65-66,70H,6-8,10,12-14,16,18-20,22,24-26,28,30-32,34,36-49,51,53-57,59,61-64H2,1-5H3,(H-,68,71,72,73)/b11-9-,17-15-,23-21-,29-27-,35-33-,52-50+,60-58+. The van der Waals surface area contributed by atoms with E-state index in [2.05, 4.69) is 92.1 Å². The van der Waals surface area contributed by atoms with Crippen LogP contribution in [-0.4, -0.2) is 68.5 Å². The number of phosphoric ester groups is 1. The van der Waals surface area contributed by atoms with Crippen molar-refractivity contribution < 1.29 is 32.9 Å². The van der Waals surface area contributed by atoms with Gasteiger partial charge in [0.15, 0.2) is 0 Å². The number of amides is 1.